The lowest BCUT2D eigenvalue weighted by Gasteiger charge is -2.21. The fourth-order valence-electron chi connectivity index (χ4n) is 2.50. The number of hydrogen-bond acceptors (Lipinski definition) is 4. The van der Waals surface area contributed by atoms with Gasteiger partial charge >= 0.3 is 5.97 Å². The van der Waals surface area contributed by atoms with Crippen molar-refractivity contribution in [3.05, 3.63) is 41.5 Å². The third kappa shape index (κ3) is 3.64. The summed E-state index contributed by atoms with van der Waals surface area (Å²) in [5.74, 6) is -0.648. The van der Waals surface area contributed by atoms with E-state index in [2.05, 4.69) is 0 Å². The van der Waals surface area contributed by atoms with Crippen molar-refractivity contribution >= 4 is 15.8 Å². The quantitative estimate of drug-likeness (QED) is 0.901. The molecule has 1 N–H and O–H groups in total. The molecule has 6 heteroatoms. The van der Waals surface area contributed by atoms with Crippen LogP contribution in [0.1, 0.15) is 24.8 Å². The molecule has 1 unspecified atom stereocenters. The van der Waals surface area contributed by atoms with Crippen LogP contribution < -0.4 is 4.74 Å². The molecule has 0 saturated heterocycles. The van der Waals surface area contributed by atoms with Gasteiger partial charge in [0.25, 0.3) is 0 Å². The summed E-state index contributed by atoms with van der Waals surface area (Å²) in [6, 6.07) is 6.76. The number of ether oxygens (including phenoxy) is 1. The van der Waals surface area contributed by atoms with Crippen molar-refractivity contribution in [2.45, 2.75) is 30.3 Å². The number of aliphatic carboxylic acids is 1. The number of sulfone groups is 1. The zero-order valence-corrected chi connectivity index (χ0v) is 12.6. The average Bonchev–Trinajstić information content (AvgIpc) is 2.47. The SMILES string of the molecule is COc1ccc(CS(=O)(=O)C2CCCC=C2C(=O)O)cc1. The standard InChI is InChI=1S/C15H18O5S/c1-20-12-8-6-11(7-9-12)10-21(18,19)14-5-3-2-4-13(14)15(16)17/h4,6-9,14H,2-3,5,10H2,1H3,(H,16,17). The second kappa shape index (κ2) is 6.30. The average molecular weight is 310 g/mol. The number of carboxylic acid groups (broad SMARTS) is 1. The Bertz CT molecular complexity index is 643. The first-order chi connectivity index (χ1) is 9.94. The summed E-state index contributed by atoms with van der Waals surface area (Å²) >= 11 is 0. The van der Waals surface area contributed by atoms with E-state index in [1.54, 1.807) is 24.3 Å². The molecule has 0 saturated carbocycles. The Balaban J connectivity index is 2.22. The molecule has 0 spiro atoms. The second-order valence-electron chi connectivity index (χ2n) is 5.04. The smallest absolute Gasteiger partial charge is 0.332 e. The van der Waals surface area contributed by atoms with Crippen molar-refractivity contribution in [2.24, 2.45) is 0 Å². The summed E-state index contributed by atoms with van der Waals surface area (Å²) < 4.78 is 30.0. The fraction of sp³-hybridized carbons (Fsp3) is 0.400. The Hall–Kier alpha value is -1.82. The van der Waals surface area contributed by atoms with Gasteiger partial charge in [-0.1, -0.05) is 18.2 Å². The number of carbonyl (C=O) groups is 1. The van der Waals surface area contributed by atoms with E-state index < -0.39 is 21.1 Å². The Morgan fingerprint density at radius 2 is 2.00 bits per heavy atom. The minimum absolute atomic E-state index is 0.00904. The van der Waals surface area contributed by atoms with Crippen LogP contribution in [0.2, 0.25) is 0 Å². The molecular formula is C15H18O5S. The third-order valence-corrected chi connectivity index (χ3v) is 5.68. The highest BCUT2D eigenvalue weighted by molar-refractivity contribution is 7.91. The summed E-state index contributed by atoms with van der Waals surface area (Å²) in [5, 5.41) is 8.25. The van der Waals surface area contributed by atoms with Crippen molar-refractivity contribution < 1.29 is 23.1 Å². The lowest BCUT2D eigenvalue weighted by atomic mass is 9.99. The van der Waals surface area contributed by atoms with Gasteiger partial charge in [-0.3, -0.25) is 0 Å². The number of methoxy groups -OCH3 is 1. The molecule has 21 heavy (non-hydrogen) atoms. The molecule has 1 aromatic rings. The summed E-state index contributed by atoms with van der Waals surface area (Å²) in [4.78, 5) is 11.2. The van der Waals surface area contributed by atoms with E-state index in [-0.39, 0.29) is 11.3 Å². The van der Waals surface area contributed by atoms with Crippen molar-refractivity contribution in [3.8, 4) is 5.75 Å². The molecule has 5 nitrogen and oxygen atoms in total. The van der Waals surface area contributed by atoms with Crippen LogP contribution in [-0.2, 0) is 20.4 Å². The van der Waals surface area contributed by atoms with Crippen LogP contribution in [0.25, 0.3) is 0 Å². The largest absolute Gasteiger partial charge is 0.497 e. The van der Waals surface area contributed by atoms with E-state index in [1.807, 2.05) is 0 Å². The van der Waals surface area contributed by atoms with Gasteiger partial charge in [-0.05, 0) is 37.0 Å². The number of benzene rings is 1. The van der Waals surface area contributed by atoms with Gasteiger partial charge in [0.15, 0.2) is 9.84 Å². The van der Waals surface area contributed by atoms with Gasteiger partial charge in [0.2, 0.25) is 0 Å². The van der Waals surface area contributed by atoms with Crippen LogP contribution in [0.3, 0.4) is 0 Å². The Morgan fingerprint density at radius 3 is 2.57 bits per heavy atom. The number of hydrogen-bond donors (Lipinski definition) is 1. The molecule has 114 valence electrons. The van der Waals surface area contributed by atoms with E-state index in [0.29, 0.717) is 30.6 Å². The Morgan fingerprint density at radius 1 is 1.33 bits per heavy atom. The first-order valence-corrected chi connectivity index (χ1v) is 8.43. The predicted molar refractivity (Wildman–Crippen MR) is 79.0 cm³/mol. The van der Waals surface area contributed by atoms with Crippen molar-refractivity contribution in [3.63, 3.8) is 0 Å². The number of rotatable bonds is 5. The first-order valence-electron chi connectivity index (χ1n) is 6.72. The Labute approximate surface area is 124 Å². The maximum atomic E-state index is 12.5. The maximum absolute atomic E-state index is 12.5. The number of allylic oxidation sites excluding steroid dienone is 1. The molecular weight excluding hydrogens is 292 g/mol. The van der Waals surface area contributed by atoms with E-state index in [9.17, 15) is 13.2 Å². The first kappa shape index (κ1) is 15.6. The van der Waals surface area contributed by atoms with Gasteiger partial charge < -0.3 is 9.84 Å². The molecule has 0 bridgehead atoms. The summed E-state index contributed by atoms with van der Waals surface area (Å²) in [5.41, 5.74) is 0.640. The van der Waals surface area contributed by atoms with E-state index in [0.717, 1.165) is 0 Å². The molecule has 0 aliphatic heterocycles. The number of carboxylic acids is 1. The molecule has 2 rings (SSSR count). The zero-order chi connectivity index (χ0) is 15.5. The highest BCUT2D eigenvalue weighted by Crippen LogP contribution is 2.27. The second-order valence-corrected chi connectivity index (χ2v) is 7.22. The van der Waals surface area contributed by atoms with Crippen LogP contribution in [0.5, 0.6) is 5.75 Å². The van der Waals surface area contributed by atoms with Gasteiger partial charge in [0.1, 0.15) is 5.75 Å². The summed E-state index contributed by atoms with van der Waals surface area (Å²) in [6.45, 7) is 0. The van der Waals surface area contributed by atoms with Crippen molar-refractivity contribution in [1.29, 1.82) is 0 Å². The lowest BCUT2D eigenvalue weighted by Crippen LogP contribution is -2.30. The van der Waals surface area contributed by atoms with E-state index in [1.165, 1.54) is 13.2 Å². The van der Waals surface area contributed by atoms with Crippen LogP contribution in [0.15, 0.2) is 35.9 Å². The molecule has 1 aromatic carbocycles. The van der Waals surface area contributed by atoms with Gasteiger partial charge in [-0.15, -0.1) is 0 Å². The molecule has 0 fully saturated rings. The Kier molecular flexibility index (Phi) is 4.67. The minimum Gasteiger partial charge on any atom is -0.497 e. The topological polar surface area (TPSA) is 80.7 Å². The highest BCUT2D eigenvalue weighted by atomic mass is 32.2. The normalized spacial score (nSPS) is 18.9. The van der Waals surface area contributed by atoms with Gasteiger partial charge in [-0.2, -0.15) is 0 Å². The molecule has 1 atom stereocenters. The lowest BCUT2D eigenvalue weighted by molar-refractivity contribution is -0.132. The van der Waals surface area contributed by atoms with Crippen LogP contribution in [-0.4, -0.2) is 31.9 Å². The molecule has 1 aliphatic carbocycles. The molecule has 0 aromatic heterocycles. The van der Waals surface area contributed by atoms with Gasteiger partial charge in [0, 0.05) is 0 Å². The minimum atomic E-state index is -3.54. The van der Waals surface area contributed by atoms with E-state index >= 15 is 0 Å². The van der Waals surface area contributed by atoms with Crippen LogP contribution in [0, 0.1) is 0 Å². The molecule has 0 amide bonds. The maximum Gasteiger partial charge on any atom is 0.332 e. The third-order valence-electron chi connectivity index (χ3n) is 3.59. The molecule has 0 heterocycles. The predicted octanol–water partition coefficient (Wildman–Crippen LogP) is 2.17. The monoisotopic (exact) mass is 310 g/mol. The summed E-state index contributed by atoms with van der Waals surface area (Å²) in [7, 11) is -2.00. The highest BCUT2D eigenvalue weighted by Gasteiger charge is 2.34. The van der Waals surface area contributed by atoms with Gasteiger partial charge in [-0.25, -0.2) is 13.2 Å². The summed E-state index contributed by atoms with van der Waals surface area (Å²) in [6.07, 6.45) is 3.22. The molecule has 0 radical (unpaired) electrons. The van der Waals surface area contributed by atoms with Crippen molar-refractivity contribution in [2.75, 3.05) is 7.11 Å². The van der Waals surface area contributed by atoms with Crippen molar-refractivity contribution in [1.82, 2.24) is 0 Å². The molecule has 1 aliphatic rings. The van der Waals surface area contributed by atoms with Gasteiger partial charge in [0.05, 0.1) is 23.7 Å². The van der Waals surface area contributed by atoms with Crippen LogP contribution in [0.4, 0.5) is 0 Å². The van der Waals surface area contributed by atoms with Crippen LogP contribution >= 0.6 is 0 Å². The fourth-order valence-corrected chi connectivity index (χ4v) is 4.47. The zero-order valence-electron chi connectivity index (χ0n) is 11.8. The van der Waals surface area contributed by atoms with E-state index in [4.69, 9.17) is 9.84 Å².